The van der Waals surface area contributed by atoms with E-state index in [4.69, 9.17) is 0 Å². The first-order valence-corrected chi connectivity index (χ1v) is 12.6. The van der Waals surface area contributed by atoms with Gasteiger partial charge in [0, 0.05) is 45.8 Å². The van der Waals surface area contributed by atoms with E-state index < -0.39 is 5.60 Å². The average molecular weight is 473 g/mol. The highest BCUT2D eigenvalue weighted by Crippen LogP contribution is 2.13. The topological polar surface area (TPSA) is 88.5 Å². The number of piperazine rings is 1. The average Bonchev–Trinajstić information content (AvgIpc) is 3.21. The number of nitrogens with zero attached hydrogens (tertiary/aromatic N) is 6. The first-order valence-electron chi connectivity index (χ1n) is 12.6. The molecule has 0 radical (unpaired) electrons. The molecule has 1 atom stereocenters. The second kappa shape index (κ2) is 11.8. The fourth-order valence-electron chi connectivity index (χ4n) is 4.42. The van der Waals surface area contributed by atoms with Gasteiger partial charge in [-0.15, -0.1) is 0 Å². The highest BCUT2D eigenvalue weighted by molar-refractivity contribution is 5.70. The fourth-order valence-corrected chi connectivity index (χ4v) is 4.42. The Hall–Kier alpha value is -2.41. The molecule has 3 heterocycles. The van der Waals surface area contributed by atoms with Gasteiger partial charge in [0.1, 0.15) is 5.60 Å². The Morgan fingerprint density at radius 3 is 2.41 bits per heavy atom. The molecule has 0 aromatic carbocycles. The molecule has 0 aliphatic carbocycles. The first kappa shape index (κ1) is 26.2. The SMILES string of the molecule is CCCn1cnc2c1c(=O)n(CCCCC(C)(O)C#CCN1CCN(C)CC1)c(=O)n2CCC. The molecular weight excluding hydrogens is 432 g/mol. The van der Waals surface area contributed by atoms with Gasteiger partial charge in [0.05, 0.1) is 12.9 Å². The zero-order valence-corrected chi connectivity index (χ0v) is 21.2. The van der Waals surface area contributed by atoms with Gasteiger partial charge in [0.2, 0.25) is 0 Å². The number of hydrogen-bond donors (Lipinski definition) is 1. The lowest BCUT2D eigenvalue weighted by molar-refractivity contribution is 0.108. The Labute approximate surface area is 202 Å². The number of imidazole rings is 1. The molecule has 9 heteroatoms. The second-order valence-electron chi connectivity index (χ2n) is 9.61. The number of aromatic nitrogens is 4. The van der Waals surface area contributed by atoms with Gasteiger partial charge < -0.3 is 14.6 Å². The van der Waals surface area contributed by atoms with E-state index in [1.807, 2.05) is 18.4 Å². The number of rotatable bonds is 10. The summed E-state index contributed by atoms with van der Waals surface area (Å²) in [6, 6.07) is 0. The van der Waals surface area contributed by atoms with E-state index in [2.05, 4.69) is 33.7 Å². The third kappa shape index (κ3) is 6.38. The minimum atomic E-state index is -1.08. The van der Waals surface area contributed by atoms with Crippen LogP contribution in [0.2, 0.25) is 0 Å². The maximum absolute atomic E-state index is 13.2. The molecule has 3 rings (SSSR count). The van der Waals surface area contributed by atoms with Gasteiger partial charge in [-0.2, -0.15) is 0 Å². The maximum atomic E-state index is 13.2. The summed E-state index contributed by atoms with van der Waals surface area (Å²) in [4.78, 5) is 35.2. The highest BCUT2D eigenvalue weighted by Gasteiger charge is 2.19. The van der Waals surface area contributed by atoms with Gasteiger partial charge in [0.25, 0.3) is 5.56 Å². The number of unbranched alkanes of at least 4 members (excludes halogenated alkanes) is 1. The first-order chi connectivity index (χ1) is 16.3. The number of aryl methyl sites for hydroxylation is 2. The van der Waals surface area contributed by atoms with Crippen molar-refractivity contribution in [2.45, 2.75) is 78.1 Å². The Balaban J connectivity index is 1.64. The minimum absolute atomic E-state index is 0.281. The van der Waals surface area contributed by atoms with Gasteiger partial charge in [0.15, 0.2) is 11.2 Å². The predicted octanol–water partition coefficient (Wildman–Crippen LogP) is 1.35. The molecule has 188 valence electrons. The summed E-state index contributed by atoms with van der Waals surface area (Å²) in [7, 11) is 2.12. The molecule has 1 aliphatic rings. The summed E-state index contributed by atoms with van der Waals surface area (Å²) >= 11 is 0. The molecule has 2 aromatic rings. The zero-order chi connectivity index (χ0) is 24.7. The summed E-state index contributed by atoms with van der Waals surface area (Å²) in [6.45, 7) is 12.1. The summed E-state index contributed by atoms with van der Waals surface area (Å²) < 4.78 is 4.79. The molecule has 2 aromatic heterocycles. The van der Waals surface area contributed by atoms with Gasteiger partial charge in [-0.05, 0) is 46.1 Å². The number of aliphatic hydroxyl groups is 1. The van der Waals surface area contributed by atoms with Crippen LogP contribution in [0.25, 0.3) is 11.2 Å². The third-order valence-corrected chi connectivity index (χ3v) is 6.45. The number of hydrogen-bond acceptors (Lipinski definition) is 6. The number of fused-ring (bicyclic) bond motifs is 1. The smallest absolute Gasteiger partial charge is 0.332 e. The lowest BCUT2D eigenvalue weighted by Gasteiger charge is -2.30. The monoisotopic (exact) mass is 472 g/mol. The third-order valence-electron chi connectivity index (χ3n) is 6.45. The Kier molecular flexibility index (Phi) is 9.11. The van der Waals surface area contributed by atoms with Crippen molar-refractivity contribution < 1.29 is 5.11 Å². The van der Waals surface area contributed by atoms with Crippen LogP contribution in [-0.4, -0.2) is 79.0 Å². The standard InChI is InChI=1S/C25H40N6O3/c1-5-12-29-20-26-22-21(29)23(32)31(24(33)30(22)13-6-2)15-8-7-10-25(3,34)11-9-14-28-18-16-27(4)17-19-28/h20,34H,5-8,10,12-19H2,1-4H3. The fraction of sp³-hybridized carbons (Fsp3) is 0.720. The van der Waals surface area contributed by atoms with E-state index in [-0.39, 0.29) is 11.2 Å². The summed E-state index contributed by atoms with van der Waals surface area (Å²) in [5.41, 5.74) is -0.697. The normalized spacial score (nSPS) is 17.0. The molecule has 1 aliphatic heterocycles. The van der Waals surface area contributed by atoms with Gasteiger partial charge in [-0.1, -0.05) is 25.7 Å². The lowest BCUT2D eigenvalue weighted by Crippen LogP contribution is -2.44. The molecule has 0 spiro atoms. The van der Waals surface area contributed by atoms with Crippen LogP contribution in [0.15, 0.2) is 15.9 Å². The summed E-state index contributed by atoms with van der Waals surface area (Å²) in [5, 5.41) is 10.7. The van der Waals surface area contributed by atoms with Crippen molar-refractivity contribution in [3.63, 3.8) is 0 Å². The van der Waals surface area contributed by atoms with Crippen molar-refractivity contribution in [2.24, 2.45) is 0 Å². The van der Waals surface area contributed by atoms with E-state index in [1.54, 1.807) is 17.8 Å². The molecule has 1 N–H and O–H groups in total. The van der Waals surface area contributed by atoms with Crippen molar-refractivity contribution in [1.29, 1.82) is 0 Å². The maximum Gasteiger partial charge on any atom is 0.332 e. The highest BCUT2D eigenvalue weighted by atomic mass is 16.3. The summed E-state index contributed by atoms with van der Waals surface area (Å²) in [5.74, 6) is 6.14. The van der Waals surface area contributed by atoms with Crippen LogP contribution in [0.3, 0.4) is 0 Å². The van der Waals surface area contributed by atoms with Gasteiger partial charge >= 0.3 is 5.69 Å². The molecule has 0 bridgehead atoms. The molecule has 1 unspecified atom stereocenters. The van der Waals surface area contributed by atoms with Crippen LogP contribution >= 0.6 is 0 Å². The molecule has 34 heavy (non-hydrogen) atoms. The predicted molar refractivity (Wildman–Crippen MR) is 135 cm³/mol. The quantitative estimate of drug-likeness (QED) is 0.415. The molecule has 1 fully saturated rings. The largest absolute Gasteiger partial charge is 0.378 e. The molecule has 0 saturated carbocycles. The molecule has 9 nitrogen and oxygen atoms in total. The molecule has 0 amide bonds. The molecule has 1 saturated heterocycles. The van der Waals surface area contributed by atoms with Crippen molar-refractivity contribution >= 4 is 11.2 Å². The second-order valence-corrected chi connectivity index (χ2v) is 9.61. The van der Waals surface area contributed by atoms with E-state index >= 15 is 0 Å². The van der Waals surface area contributed by atoms with E-state index in [9.17, 15) is 14.7 Å². The van der Waals surface area contributed by atoms with Crippen LogP contribution in [0.5, 0.6) is 0 Å². The van der Waals surface area contributed by atoms with Crippen molar-refractivity contribution in [3.05, 3.63) is 27.2 Å². The molecular formula is C25H40N6O3. The van der Waals surface area contributed by atoms with Gasteiger partial charge in [-0.3, -0.25) is 18.8 Å². The van der Waals surface area contributed by atoms with E-state index in [0.717, 1.165) is 39.0 Å². The van der Waals surface area contributed by atoms with E-state index in [0.29, 0.717) is 56.6 Å². The van der Waals surface area contributed by atoms with Crippen LogP contribution in [-0.2, 0) is 19.6 Å². The Bertz CT molecular complexity index is 1130. The van der Waals surface area contributed by atoms with Crippen molar-refractivity contribution in [3.8, 4) is 11.8 Å². The van der Waals surface area contributed by atoms with Crippen LogP contribution in [0.4, 0.5) is 0 Å². The van der Waals surface area contributed by atoms with Crippen LogP contribution in [0.1, 0.15) is 52.9 Å². The van der Waals surface area contributed by atoms with Crippen LogP contribution in [0, 0.1) is 11.8 Å². The Morgan fingerprint density at radius 1 is 1.03 bits per heavy atom. The zero-order valence-electron chi connectivity index (χ0n) is 21.2. The van der Waals surface area contributed by atoms with Crippen molar-refractivity contribution in [2.75, 3.05) is 39.8 Å². The minimum Gasteiger partial charge on any atom is -0.378 e. The Morgan fingerprint density at radius 2 is 1.74 bits per heavy atom. The number of likely N-dealkylation sites (N-methyl/N-ethyl adjacent to an activating group) is 1. The van der Waals surface area contributed by atoms with E-state index in [1.165, 1.54) is 4.57 Å². The van der Waals surface area contributed by atoms with Gasteiger partial charge in [-0.25, -0.2) is 9.78 Å². The summed E-state index contributed by atoms with van der Waals surface area (Å²) in [6.07, 6.45) is 5.10. The van der Waals surface area contributed by atoms with Crippen LogP contribution < -0.4 is 11.2 Å². The van der Waals surface area contributed by atoms with Crippen molar-refractivity contribution in [1.82, 2.24) is 28.5 Å². The lowest BCUT2D eigenvalue weighted by atomic mass is 9.99.